The van der Waals surface area contributed by atoms with Crippen molar-refractivity contribution in [1.82, 2.24) is 15.5 Å². The number of hydrogen-bond donors (Lipinski definition) is 2. The van der Waals surface area contributed by atoms with Crippen molar-refractivity contribution in [2.24, 2.45) is 0 Å². The first kappa shape index (κ1) is 17.4. The van der Waals surface area contributed by atoms with Gasteiger partial charge in [-0.1, -0.05) is 27.2 Å². The maximum Gasteiger partial charge on any atom is 0.234 e. The summed E-state index contributed by atoms with van der Waals surface area (Å²) < 4.78 is 0. The lowest BCUT2D eigenvalue weighted by Gasteiger charge is -2.26. The molecule has 4 nitrogen and oxygen atoms in total. The van der Waals surface area contributed by atoms with Crippen LogP contribution in [-0.4, -0.2) is 49.1 Å². The molecular weight excluding hydrogens is 250 g/mol. The first-order chi connectivity index (χ1) is 9.69. The van der Waals surface area contributed by atoms with Crippen molar-refractivity contribution in [3.05, 3.63) is 0 Å². The van der Waals surface area contributed by atoms with Crippen molar-refractivity contribution in [2.75, 3.05) is 26.2 Å². The number of hydrogen-bond acceptors (Lipinski definition) is 3. The Morgan fingerprint density at radius 3 is 2.65 bits per heavy atom. The molecule has 0 saturated carbocycles. The Balaban J connectivity index is 2.39. The van der Waals surface area contributed by atoms with Crippen LogP contribution in [0.2, 0.25) is 0 Å². The highest BCUT2D eigenvalue weighted by atomic mass is 16.2. The molecule has 1 amide bonds. The van der Waals surface area contributed by atoms with E-state index in [4.69, 9.17) is 0 Å². The molecule has 0 aromatic heterocycles. The predicted molar refractivity (Wildman–Crippen MR) is 84.9 cm³/mol. The Morgan fingerprint density at radius 2 is 2.10 bits per heavy atom. The Hall–Kier alpha value is -0.610. The van der Waals surface area contributed by atoms with Crippen LogP contribution in [0.1, 0.15) is 59.3 Å². The van der Waals surface area contributed by atoms with Crippen LogP contribution in [0, 0.1) is 0 Å². The van der Waals surface area contributed by atoms with Gasteiger partial charge in [-0.2, -0.15) is 0 Å². The van der Waals surface area contributed by atoms with Gasteiger partial charge in [0.15, 0.2) is 0 Å². The van der Waals surface area contributed by atoms with Gasteiger partial charge in [0.25, 0.3) is 0 Å². The number of carbonyl (C=O) groups excluding carboxylic acids is 1. The highest BCUT2D eigenvalue weighted by Gasteiger charge is 2.19. The quantitative estimate of drug-likeness (QED) is 0.646. The molecule has 118 valence electrons. The molecule has 1 atom stereocenters. The molecule has 1 aliphatic rings. The Morgan fingerprint density at radius 1 is 1.35 bits per heavy atom. The van der Waals surface area contributed by atoms with Gasteiger partial charge in [0.1, 0.15) is 0 Å². The van der Waals surface area contributed by atoms with Gasteiger partial charge in [-0.25, -0.2) is 0 Å². The van der Waals surface area contributed by atoms with Crippen molar-refractivity contribution < 1.29 is 4.79 Å². The second kappa shape index (κ2) is 10.2. The van der Waals surface area contributed by atoms with E-state index >= 15 is 0 Å². The van der Waals surface area contributed by atoms with Crippen LogP contribution in [0.4, 0.5) is 0 Å². The summed E-state index contributed by atoms with van der Waals surface area (Å²) in [5.74, 6) is 0.188. The van der Waals surface area contributed by atoms with Crippen molar-refractivity contribution in [2.45, 2.75) is 71.4 Å². The molecule has 0 aliphatic carbocycles. The fourth-order valence-corrected chi connectivity index (χ4v) is 2.81. The standard InChI is InChI=1S/C16H33N3O/c1-4-7-11-19(12-15-9-8-10-17-15)13-16(20)18-14(5-2)6-3/h14-15,17H,4-13H2,1-3H3,(H,18,20). The summed E-state index contributed by atoms with van der Waals surface area (Å²) in [6.07, 6.45) is 6.90. The number of unbranched alkanes of at least 4 members (excludes halogenated alkanes) is 1. The van der Waals surface area contributed by atoms with E-state index in [0.717, 1.165) is 32.5 Å². The van der Waals surface area contributed by atoms with Crippen molar-refractivity contribution in [3.8, 4) is 0 Å². The average Bonchev–Trinajstić information content (AvgIpc) is 2.95. The molecule has 4 heteroatoms. The highest BCUT2D eigenvalue weighted by molar-refractivity contribution is 5.78. The molecule has 0 radical (unpaired) electrons. The molecule has 0 bridgehead atoms. The number of rotatable bonds is 10. The van der Waals surface area contributed by atoms with E-state index in [1.807, 2.05) is 0 Å². The van der Waals surface area contributed by atoms with Gasteiger partial charge in [-0.05, 0) is 45.2 Å². The van der Waals surface area contributed by atoms with Crippen molar-refractivity contribution >= 4 is 5.91 Å². The molecule has 1 aliphatic heterocycles. The zero-order valence-corrected chi connectivity index (χ0v) is 13.6. The first-order valence-corrected chi connectivity index (χ1v) is 8.44. The van der Waals surface area contributed by atoms with Gasteiger partial charge in [0.05, 0.1) is 6.54 Å². The fraction of sp³-hybridized carbons (Fsp3) is 0.938. The molecule has 1 rings (SSSR count). The van der Waals surface area contributed by atoms with Crippen LogP contribution in [0.5, 0.6) is 0 Å². The summed E-state index contributed by atoms with van der Waals surface area (Å²) in [4.78, 5) is 14.5. The molecule has 2 N–H and O–H groups in total. The Labute approximate surface area is 124 Å². The number of carbonyl (C=O) groups is 1. The molecule has 0 spiro atoms. The van der Waals surface area contributed by atoms with Crippen molar-refractivity contribution in [3.63, 3.8) is 0 Å². The van der Waals surface area contributed by atoms with Gasteiger partial charge in [0, 0.05) is 18.6 Å². The maximum atomic E-state index is 12.1. The second-order valence-corrected chi connectivity index (χ2v) is 5.96. The zero-order valence-electron chi connectivity index (χ0n) is 13.6. The van der Waals surface area contributed by atoms with Gasteiger partial charge in [-0.15, -0.1) is 0 Å². The minimum atomic E-state index is 0.188. The smallest absolute Gasteiger partial charge is 0.234 e. The van der Waals surface area contributed by atoms with E-state index < -0.39 is 0 Å². The third kappa shape index (κ3) is 6.71. The summed E-state index contributed by atoms with van der Waals surface area (Å²) in [7, 11) is 0. The Kier molecular flexibility index (Phi) is 8.86. The molecule has 0 aromatic rings. The van der Waals surface area contributed by atoms with Crippen molar-refractivity contribution in [1.29, 1.82) is 0 Å². The minimum Gasteiger partial charge on any atom is -0.352 e. The lowest BCUT2D eigenvalue weighted by Crippen LogP contribution is -2.45. The fourth-order valence-electron chi connectivity index (χ4n) is 2.81. The summed E-state index contributed by atoms with van der Waals surface area (Å²) in [5, 5.41) is 6.67. The predicted octanol–water partition coefficient (Wildman–Crippen LogP) is 2.15. The molecule has 1 heterocycles. The SMILES string of the molecule is CCCCN(CC(=O)NC(CC)CC)CC1CCCN1. The molecule has 1 fully saturated rings. The molecule has 0 aromatic carbocycles. The largest absolute Gasteiger partial charge is 0.352 e. The first-order valence-electron chi connectivity index (χ1n) is 8.44. The van der Waals surface area contributed by atoms with E-state index in [2.05, 4.69) is 36.3 Å². The molecule has 20 heavy (non-hydrogen) atoms. The van der Waals surface area contributed by atoms with Gasteiger partial charge in [-0.3, -0.25) is 9.69 Å². The summed E-state index contributed by atoms with van der Waals surface area (Å²) in [6, 6.07) is 0.910. The molecule has 1 unspecified atom stereocenters. The lowest BCUT2D eigenvalue weighted by atomic mass is 10.1. The lowest BCUT2D eigenvalue weighted by molar-refractivity contribution is -0.123. The van der Waals surface area contributed by atoms with Crippen LogP contribution in [0.25, 0.3) is 0 Å². The number of nitrogens with one attached hydrogen (secondary N) is 2. The second-order valence-electron chi connectivity index (χ2n) is 5.96. The van der Waals surface area contributed by atoms with E-state index in [1.165, 1.54) is 25.7 Å². The number of nitrogens with zero attached hydrogens (tertiary/aromatic N) is 1. The summed E-state index contributed by atoms with van der Waals surface area (Å²) in [5.41, 5.74) is 0. The minimum absolute atomic E-state index is 0.188. The highest BCUT2D eigenvalue weighted by Crippen LogP contribution is 2.08. The third-order valence-electron chi connectivity index (χ3n) is 4.19. The van der Waals surface area contributed by atoms with E-state index in [0.29, 0.717) is 18.6 Å². The monoisotopic (exact) mass is 283 g/mol. The van der Waals surface area contributed by atoms with Crippen LogP contribution in [0.3, 0.4) is 0 Å². The normalized spacial score (nSPS) is 18.9. The Bertz CT molecular complexity index is 260. The topological polar surface area (TPSA) is 44.4 Å². The maximum absolute atomic E-state index is 12.1. The van der Waals surface area contributed by atoms with Gasteiger partial charge < -0.3 is 10.6 Å². The molecular formula is C16H33N3O. The van der Waals surface area contributed by atoms with Gasteiger partial charge in [0.2, 0.25) is 5.91 Å². The average molecular weight is 283 g/mol. The number of amides is 1. The van der Waals surface area contributed by atoms with Crippen LogP contribution in [0.15, 0.2) is 0 Å². The summed E-state index contributed by atoms with van der Waals surface area (Å²) >= 11 is 0. The van der Waals surface area contributed by atoms with Gasteiger partial charge >= 0.3 is 0 Å². The van der Waals surface area contributed by atoms with Crippen LogP contribution in [-0.2, 0) is 4.79 Å². The van der Waals surface area contributed by atoms with Crippen LogP contribution < -0.4 is 10.6 Å². The van der Waals surface area contributed by atoms with E-state index in [-0.39, 0.29) is 5.91 Å². The zero-order chi connectivity index (χ0) is 14.8. The van der Waals surface area contributed by atoms with E-state index in [1.54, 1.807) is 0 Å². The van der Waals surface area contributed by atoms with E-state index in [9.17, 15) is 4.79 Å². The van der Waals surface area contributed by atoms with Crippen LogP contribution >= 0.6 is 0 Å². The summed E-state index contributed by atoms with van der Waals surface area (Å²) in [6.45, 7) is 10.2. The third-order valence-corrected chi connectivity index (χ3v) is 4.19. The molecule has 1 saturated heterocycles.